The van der Waals surface area contributed by atoms with Crippen LogP contribution in [0.1, 0.15) is 27.3 Å². The Labute approximate surface area is 173 Å². The number of alkyl halides is 2. The number of carbonyl (C=O) groups is 1. The number of rotatable bonds is 8. The molecule has 2 heterocycles. The molecule has 0 aliphatic carbocycles. The topological polar surface area (TPSA) is 65.4 Å². The second-order valence-corrected chi connectivity index (χ2v) is 6.68. The van der Waals surface area contributed by atoms with Crippen molar-refractivity contribution in [1.82, 2.24) is 14.9 Å². The Morgan fingerprint density at radius 1 is 1.17 bits per heavy atom. The zero-order valence-electron chi connectivity index (χ0n) is 17.0. The first-order chi connectivity index (χ1) is 14.4. The van der Waals surface area contributed by atoms with Crippen LogP contribution in [0, 0.1) is 13.8 Å². The lowest BCUT2D eigenvalue weighted by Gasteiger charge is -2.12. The maximum atomic E-state index is 12.7. The van der Waals surface area contributed by atoms with Crippen LogP contribution in [0.25, 0.3) is 5.82 Å². The van der Waals surface area contributed by atoms with E-state index in [2.05, 4.69) is 15.0 Å². The minimum absolute atomic E-state index is 0.0322. The van der Waals surface area contributed by atoms with Crippen LogP contribution in [-0.4, -0.2) is 35.7 Å². The van der Waals surface area contributed by atoms with Gasteiger partial charge in [0.1, 0.15) is 5.82 Å². The first kappa shape index (κ1) is 21.3. The number of carbonyl (C=O) groups excluding carboxylic acids is 1. The molecule has 0 radical (unpaired) electrons. The highest BCUT2D eigenvalue weighted by molar-refractivity contribution is 5.95. The summed E-state index contributed by atoms with van der Waals surface area (Å²) in [5.74, 6) is 0.736. The van der Waals surface area contributed by atoms with Gasteiger partial charge in [0.25, 0.3) is 5.91 Å². The van der Waals surface area contributed by atoms with Crippen LogP contribution in [0.3, 0.4) is 0 Å². The maximum absolute atomic E-state index is 12.7. The van der Waals surface area contributed by atoms with Crippen LogP contribution >= 0.6 is 0 Å². The number of aromatic nitrogens is 2. The zero-order chi connectivity index (χ0) is 21.7. The molecule has 30 heavy (non-hydrogen) atoms. The third kappa shape index (κ3) is 4.76. The molecule has 0 atom stereocenters. The molecule has 6 nitrogen and oxygen atoms in total. The quantitative estimate of drug-likeness (QED) is 0.602. The Kier molecular flexibility index (Phi) is 6.66. The zero-order valence-corrected chi connectivity index (χ0v) is 17.0. The van der Waals surface area contributed by atoms with Gasteiger partial charge < -0.3 is 19.4 Å². The first-order valence-electron chi connectivity index (χ1n) is 9.41. The number of nitrogens with one attached hydrogen (secondary N) is 1. The Morgan fingerprint density at radius 2 is 1.97 bits per heavy atom. The minimum atomic E-state index is -2.94. The summed E-state index contributed by atoms with van der Waals surface area (Å²) in [7, 11) is 1.38. The molecule has 0 saturated heterocycles. The molecule has 0 fully saturated rings. The third-order valence-electron chi connectivity index (χ3n) is 4.70. The molecule has 3 rings (SSSR count). The number of pyridine rings is 1. The number of aryl methyl sites for hydroxylation is 1. The number of benzene rings is 1. The monoisotopic (exact) mass is 415 g/mol. The fraction of sp³-hybridized carbons (Fsp3) is 0.273. The number of methoxy groups -OCH3 is 1. The normalized spacial score (nSPS) is 10.9. The van der Waals surface area contributed by atoms with E-state index < -0.39 is 6.61 Å². The molecule has 3 aromatic rings. The van der Waals surface area contributed by atoms with Crippen LogP contribution in [0.2, 0.25) is 0 Å². The lowest BCUT2D eigenvalue weighted by atomic mass is 10.1. The summed E-state index contributed by atoms with van der Waals surface area (Å²) in [6.07, 6.45) is 2.16. The van der Waals surface area contributed by atoms with E-state index in [0.717, 1.165) is 22.8 Å². The molecular formula is C22H23F2N3O3. The van der Waals surface area contributed by atoms with Gasteiger partial charge in [-0.15, -0.1) is 0 Å². The highest BCUT2D eigenvalue weighted by Crippen LogP contribution is 2.29. The van der Waals surface area contributed by atoms with Gasteiger partial charge in [-0.05, 0) is 56.2 Å². The number of ether oxygens (including phenoxy) is 2. The van der Waals surface area contributed by atoms with Gasteiger partial charge in [0.15, 0.2) is 11.5 Å². The van der Waals surface area contributed by atoms with Crippen molar-refractivity contribution < 1.29 is 23.0 Å². The predicted molar refractivity (Wildman–Crippen MR) is 109 cm³/mol. The van der Waals surface area contributed by atoms with Crippen LogP contribution in [0.5, 0.6) is 11.5 Å². The molecule has 1 aromatic carbocycles. The fourth-order valence-corrected chi connectivity index (χ4v) is 3.31. The molecule has 158 valence electrons. The van der Waals surface area contributed by atoms with Crippen molar-refractivity contribution >= 4 is 5.91 Å². The van der Waals surface area contributed by atoms with E-state index in [0.29, 0.717) is 18.5 Å². The number of hydrogen-bond acceptors (Lipinski definition) is 4. The molecule has 0 bridgehead atoms. The highest BCUT2D eigenvalue weighted by Gasteiger charge is 2.17. The Balaban J connectivity index is 1.67. The number of hydrogen-bond donors (Lipinski definition) is 1. The molecule has 0 aliphatic heterocycles. The van der Waals surface area contributed by atoms with E-state index in [9.17, 15) is 13.6 Å². The van der Waals surface area contributed by atoms with Crippen molar-refractivity contribution in [1.29, 1.82) is 0 Å². The van der Waals surface area contributed by atoms with Crippen LogP contribution in [0.15, 0.2) is 48.7 Å². The summed E-state index contributed by atoms with van der Waals surface area (Å²) in [4.78, 5) is 17.0. The van der Waals surface area contributed by atoms with E-state index >= 15 is 0 Å². The fourth-order valence-electron chi connectivity index (χ4n) is 3.31. The van der Waals surface area contributed by atoms with Crippen LogP contribution in [0.4, 0.5) is 8.78 Å². The van der Waals surface area contributed by atoms with Crippen molar-refractivity contribution in [2.24, 2.45) is 0 Å². The lowest BCUT2D eigenvalue weighted by molar-refractivity contribution is -0.0512. The number of halogens is 2. The summed E-state index contributed by atoms with van der Waals surface area (Å²) in [6, 6.07) is 12.2. The molecule has 8 heteroatoms. The summed E-state index contributed by atoms with van der Waals surface area (Å²) < 4.78 is 36.6. The van der Waals surface area contributed by atoms with E-state index in [1.165, 1.54) is 13.2 Å². The van der Waals surface area contributed by atoms with Crippen molar-refractivity contribution in [2.75, 3.05) is 13.7 Å². The maximum Gasteiger partial charge on any atom is 0.387 e. The van der Waals surface area contributed by atoms with Gasteiger partial charge in [-0.25, -0.2) is 4.98 Å². The summed E-state index contributed by atoms with van der Waals surface area (Å²) in [6.45, 7) is 1.18. The third-order valence-corrected chi connectivity index (χ3v) is 4.70. The second-order valence-electron chi connectivity index (χ2n) is 6.68. The van der Waals surface area contributed by atoms with E-state index in [1.807, 2.05) is 42.7 Å². The first-order valence-corrected chi connectivity index (χ1v) is 9.41. The van der Waals surface area contributed by atoms with Crippen molar-refractivity contribution in [3.05, 3.63) is 71.2 Å². The minimum Gasteiger partial charge on any atom is -0.493 e. The average Bonchev–Trinajstić information content (AvgIpc) is 3.02. The summed E-state index contributed by atoms with van der Waals surface area (Å²) >= 11 is 0. The van der Waals surface area contributed by atoms with Gasteiger partial charge >= 0.3 is 6.61 Å². The SMILES string of the molecule is COc1ccc(CCNC(=O)c2cc(C)n(-c3ccccn3)c2C)cc1OC(F)F. The van der Waals surface area contributed by atoms with Gasteiger partial charge in [0, 0.05) is 24.1 Å². The summed E-state index contributed by atoms with van der Waals surface area (Å²) in [5.41, 5.74) is 3.00. The van der Waals surface area contributed by atoms with Crippen LogP contribution in [-0.2, 0) is 6.42 Å². The Morgan fingerprint density at radius 3 is 2.63 bits per heavy atom. The molecule has 0 aliphatic rings. The molecule has 0 saturated carbocycles. The largest absolute Gasteiger partial charge is 0.493 e. The standard InChI is InChI=1S/C22H23F2N3O3/c1-14-12-17(15(2)27(14)20-6-4-5-10-25-20)21(28)26-11-9-16-7-8-18(29-3)19(13-16)30-22(23)24/h4-8,10,12-13,22H,9,11H2,1-3H3,(H,26,28). The predicted octanol–water partition coefficient (Wildman–Crippen LogP) is 4.07. The molecule has 1 amide bonds. The van der Waals surface area contributed by atoms with Crippen molar-refractivity contribution in [3.8, 4) is 17.3 Å². The van der Waals surface area contributed by atoms with Gasteiger partial charge in [0.2, 0.25) is 0 Å². The second kappa shape index (κ2) is 9.39. The van der Waals surface area contributed by atoms with Gasteiger partial charge in [-0.2, -0.15) is 8.78 Å². The number of amides is 1. The van der Waals surface area contributed by atoms with E-state index in [1.54, 1.807) is 18.3 Å². The van der Waals surface area contributed by atoms with Gasteiger partial charge in [-0.1, -0.05) is 12.1 Å². The average molecular weight is 415 g/mol. The van der Waals surface area contributed by atoms with Crippen LogP contribution < -0.4 is 14.8 Å². The smallest absolute Gasteiger partial charge is 0.387 e. The highest BCUT2D eigenvalue weighted by atomic mass is 19.3. The molecule has 0 unspecified atom stereocenters. The molecular weight excluding hydrogens is 392 g/mol. The molecule has 0 spiro atoms. The molecule has 2 aromatic heterocycles. The molecule has 1 N–H and O–H groups in total. The van der Waals surface area contributed by atoms with Crippen molar-refractivity contribution in [3.63, 3.8) is 0 Å². The van der Waals surface area contributed by atoms with Crippen molar-refractivity contribution in [2.45, 2.75) is 26.9 Å². The number of nitrogens with zero attached hydrogens (tertiary/aromatic N) is 2. The van der Waals surface area contributed by atoms with E-state index in [4.69, 9.17) is 4.74 Å². The Bertz CT molecular complexity index is 1020. The summed E-state index contributed by atoms with van der Waals surface area (Å²) in [5, 5.41) is 2.88. The lowest BCUT2D eigenvalue weighted by Crippen LogP contribution is -2.26. The Hall–Kier alpha value is -3.42. The van der Waals surface area contributed by atoms with Gasteiger partial charge in [0.05, 0.1) is 12.7 Å². The van der Waals surface area contributed by atoms with E-state index in [-0.39, 0.29) is 17.4 Å². The van der Waals surface area contributed by atoms with Gasteiger partial charge in [-0.3, -0.25) is 4.79 Å².